The van der Waals surface area contributed by atoms with Crippen molar-refractivity contribution in [2.24, 2.45) is 0 Å². The summed E-state index contributed by atoms with van der Waals surface area (Å²) >= 11 is 0. The van der Waals surface area contributed by atoms with Gasteiger partial charge < -0.3 is 5.11 Å². The Labute approximate surface area is 103 Å². The van der Waals surface area contributed by atoms with Crippen LogP contribution in [0.3, 0.4) is 0 Å². The molecule has 0 amide bonds. The van der Waals surface area contributed by atoms with E-state index in [1.54, 1.807) is 0 Å². The summed E-state index contributed by atoms with van der Waals surface area (Å²) in [6, 6.07) is 0. The lowest BCUT2D eigenvalue weighted by atomic mass is 10.1. The largest absolute Gasteiger partial charge is 0.481 e. The number of rotatable bonds is 7. The number of carboxylic acid groups (broad SMARTS) is 1. The van der Waals surface area contributed by atoms with Gasteiger partial charge in [0.25, 0.3) is 0 Å². The number of carboxylic acids is 1. The van der Waals surface area contributed by atoms with Crippen LogP contribution in [0.15, 0.2) is 0 Å². The van der Waals surface area contributed by atoms with Gasteiger partial charge in [0.05, 0.1) is 5.69 Å². The molecule has 0 fully saturated rings. The van der Waals surface area contributed by atoms with Crippen molar-refractivity contribution in [3.8, 4) is 0 Å². The van der Waals surface area contributed by atoms with Gasteiger partial charge in [0.2, 0.25) is 0 Å². The Hall–Kier alpha value is -1.32. The Balaban J connectivity index is 2.39. The Morgan fingerprint density at radius 2 is 2.00 bits per heavy atom. The summed E-state index contributed by atoms with van der Waals surface area (Å²) in [4.78, 5) is 10.4. The molecule has 0 unspecified atom stereocenters. The molecule has 0 bridgehead atoms. The highest BCUT2D eigenvalue weighted by Crippen LogP contribution is 2.14. The topological polar surface area (TPSA) is 55.1 Å². The van der Waals surface area contributed by atoms with Gasteiger partial charge in [-0.15, -0.1) is 0 Å². The third-order valence-corrected chi connectivity index (χ3v) is 3.15. The molecule has 1 rings (SSSR count). The van der Waals surface area contributed by atoms with Crippen LogP contribution in [0, 0.1) is 13.8 Å². The molecule has 0 aliphatic heterocycles. The number of aryl methyl sites for hydroxylation is 2. The average Bonchev–Trinajstić information content (AvgIpc) is 2.53. The van der Waals surface area contributed by atoms with Gasteiger partial charge in [0.15, 0.2) is 0 Å². The van der Waals surface area contributed by atoms with Gasteiger partial charge >= 0.3 is 5.97 Å². The molecule has 1 aromatic rings. The molecule has 17 heavy (non-hydrogen) atoms. The maximum Gasteiger partial charge on any atom is 0.303 e. The highest BCUT2D eigenvalue weighted by Gasteiger charge is 2.08. The molecule has 0 saturated heterocycles. The lowest BCUT2D eigenvalue weighted by Gasteiger charge is -2.04. The van der Waals surface area contributed by atoms with Gasteiger partial charge in [0, 0.05) is 18.7 Å². The van der Waals surface area contributed by atoms with Crippen molar-refractivity contribution >= 4 is 5.97 Å². The minimum absolute atomic E-state index is 0.275. The van der Waals surface area contributed by atoms with Gasteiger partial charge in [-0.25, -0.2) is 0 Å². The summed E-state index contributed by atoms with van der Waals surface area (Å²) in [5, 5.41) is 13.0. The van der Waals surface area contributed by atoms with E-state index in [1.165, 1.54) is 11.3 Å². The van der Waals surface area contributed by atoms with E-state index in [2.05, 4.69) is 23.6 Å². The number of unbranched alkanes of at least 4 members (excludes halogenated alkanes) is 2. The predicted octanol–water partition coefficient (Wildman–Crippen LogP) is 2.71. The third kappa shape index (κ3) is 3.88. The van der Waals surface area contributed by atoms with E-state index in [9.17, 15) is 4.79 Å². The zero-order valence-corrected chi connectivity index (χ0v) is 11.0. The summed E-state index contributed by atoms with van der Waals surface area (Å²) in [7, 11) is 0. The Bertz CT molecular complexity index is 383. The third-order valence-electron chi connectivity index (χ3n) is 3.15. The number of aromatic nitrogens is 2. The molecule has 0 aromatic carbocycles. The first kappa shape index (κ1) is 13.7. The first-order valence-electron chi connectivity index (χ1n) is 6.31. The molecule has 96 valence electrons. The predicted molar refractivity (Wildman–Crippen MR) is 67.2 cm³/mol. The van der Waals surface area contributed by atoms with Gasteiger partial charge in [-0.05, 0) is 38.7 Å². The molecule has 0 radical (unpaired) electrons. The zero-order valence-electron chi connectivity index (χ0n) is 11.0. The minimum Gasteiger partial charge on any atom is -0.481 e. The van der Waals surface area contributed by atoms with Crippen LogP contribution in [-0.2, 0) is 17.8 Å². The van der Waals surface area contributed by atoms with Crippen LogP contribution in [0.2, 0.25) is 0 Å². The Morgan fingerprint density at radius 1 is 1.29 bits per heavy atom. The average molecular weight is 238 g/mol. The van der Waals surface area contributed by atoms with Crippen molar-refractivity contribution in [1.29, 1.82) is 0 Å². The van der Waals surface area contributed by atoms with E-state index in [1.807, 2.05) is 6.92 Å². The highest BCUT2D eigenvalue weighted by molar-refractivity contribution is 5.66. The molecule has 0 spiro atoms. The maximum absolute atomic E-state index is 10.4. The second kappa shape index (κ2) is 6.42. The standard InChI is InChI=1S/C13H22N2O2/c1-4-12-10(2)14-15(11(12)3)9-7-5-6-8-13(16)17/h4-9H2,1-3H3,(H,16,17). The van der Waals surface area contributed by atoms with Crippen LogP contribution < -0.4 is 0 Å². The number of hydrogen-bond donors (Lipinski definition) is 1. The fourth-order valence-electron chi connectivity index (χ4n) is 2.18. The van der Waals surface area contributed by atoms with Gasteiger partial charge in [-0.3, -0.25) is 9.48 Å². The van der Waals surface area contributed by atoms with Gasteiger partial charge in [0.1, 0.15) is 0 Å². The molecule has 0 atom stereocenters. The van der Waals surface area contributed by atoms with E-state index in [4.69, 9.17) is 5.11 Å². The van der Waals surface area contributed by atoms with Crippen LogP contribution in [0.4, 0.5) is 0 Å². The van der Waals surface area contributed by atoms with Crippen LogP contribution in [0.5, 0.6) is 0 Å². The molecule has 0 aliphatic carbocycles. The Kier molecular flexibility index (Phi) is 5.19. The summed E-state index contributed by atoms with van der Waals surface area (Å²) in [6.45, 7) is 7.20. The molecule has 4 heteroatoms. The van der Waals surface area contributed by atoms with E-state index in [0.29, 0.717) is 0 Å². The van der Waals surface area contributed by atoms with Crippen molar-refractivity contribution in [3.05, 3.63) is 17.0 Å². The lowest BCUT2D eigenvalue weighted by molar-refractivity contribution is -0.137. The monoisotopic (exact) mass is 238 g/mol. The molecule has 1 heterocycles. The van der Waals surface area contributed by atoms with Crippen LogP contribution in [0.25, 0.3) is 0 Å². The fraction of sp³-hybridized carbons (Fsp3) is 0.692. The summed E-state index contributed by atoms with van der Waals surface area (Å²) in [5.41, 5.74) is 3.72. The van der Waals surface area contributed by atoms with Crippen molar-refractivity contribution in [2.45, 2.75) is 59.4 Å². The number of carbonyl (C=O) groups is 1. The summed E-state index contributed by atoms with van der Waals surface area (Å²) in [5.74, 6) is -0.704. The van der Waals surface area contributed by atoms with Crippen LogP contribution in [0.1, 0.15) is 49.6 Å². The number of nitrogens with zero attached hydrogens (tertiary/aromatic N) is 2. The van der Waals surface area contributed by atoms with Crippen molar-refractivity contribution in [1.82, 2.24) is 9.78 Å². The second-order valence-corrected chi connectivity index (χ2v) is 4.43. The summed E-state index contributed by atoms with van der Waals surface area (Å²) < 4.78 is 2.05. The van der Waals surface area contributed by atoms with Gasteiger partial charge in [-0.2, -0.15) is 5.10 Å². The quantitative estimate of drug-likeness (QED) is 0.743. The molecule has 0 saturated carbocycles. The van der Waals surface area contributed by atoms with Crippen molar-refractivity contribution in [2.75, 3.05) is 0 Å². The minimum atomic E-state index is -0.704. The normalized spacial score (nSPS) is 10.8. The Morgan fingerprint density at radius 3 is 2.53 bits per heavy atom. The maximum atomic E-state index is 10.4. The second-order valence-electron chi connectivity index (χ2n) is 4.43. The first-order valence-corrected chi connectivity index (χ1v) is 6.31. The lowest BCUT2D eigenvalue weighted by Crippen LogP contribution is -2.03. The van der Waals surface area contributed by atoms with E-state index in [0.717, 1.165) is 37.9 Å². The smallest absolute Gasteiger partial charge is 0.303 e. The van der Waals surface area contributed by atoms with E-state index >= 15 is 0 Å². The number of hydrogen-bond acceptors (Lipinski definition) is 2. The molecular formula is C13H22N2O2. The summed E-state index contributed by atoms with van der Waals surface area (Å²) in [6.07, 6.45) is 4.01. The van der Waals surface area contributed by atoms with Gasteiger partial charge in [-0.1, -0.05) is 13.3 Å². The molecular weight excluding hydrogens is 216 g/mol. The fourth-order valence-corrected chi connectivity index (χ4v) is 2.18. The molecule has 1 aromatic heterocycles. The highest BCUT2D eigenvalue weighted by atomic mass is 16.4. The van der Waals surface area contributed by atoms with Crippen LogP contribution in [-0.4, -0.2) is 20.9 Å². The molecule has 1 N–H and O–H groups in total. The van der Waals surface area contributed by atoms with E-state index in [-0.39, 0.29) is 6.42 Å². The SMILES string of the molecule is CCc1c(C)nn(CCCCCC(=O)O)c1C. The van der Waals surface area contributed by atoms with Crippen molar-refractivity contribution in [3.63, 3.8) is 0 Å². The van der Waals surface area contributed by atoms with Crippen LogP contribution >= 0.6 is 0 Å². The first-order chi connectivity index (χ1) is 8.06. The zero-order chi connectivity index (χ0) is 12.8. The molecule has 0 aliphatic rings. The van der Waals surface area contributed by atoms with Crippen molar-refractivity contribution < 1.29 is 9.90 Å². The van der Waals surface area contributed by atoms with E-state index < -0.39 is 5.97 Å². The molecule has 4 nitrogen and oxygen atoms in total. The number of aliphatic carboxylic acids is 1.